The molecule has 2 aromatic heterocycles. The highest BCUT2D eigenvalue weighted by Crippen LogP contribution is 2.22. The number of carbonyl (C=O) groups excluding carboxylic acids is 1. The maximum absolute atomic E-state index is 12.6. The SMILES string of the molecule is COCCCNC(=O)c1cc(-c2ccco2)nn1-c1cccc(C)c1. The second-order valence-corrected chi connectivity index (χ2v) is 5.75. The van der Waals surface area contributed by atoms with Gasteiger partial charge in [-0.1, -0.05) is 12.1 Å². The Hall–Kier alpha value is -2.86. The van der Waals surface area contributed by atoms with Crippen LogP contribution >= 0.6 is 0 Å². The van der Waals surface area contributed by atoms with E-state index in [1.165, 1.54) is 0 Å². The Morgan fingerprint density at radius 3 is 2.88 bits per heavy atom. The molecule has 0 spiro atoms. The lowest BCUT2D eigenvalue weighted by Gasteiger charge is -2.09. The van der Waals surface area contributed by atoms with Crippen LogP contribution in [0.15, 0.2) is 53.1 Å². The molecule has 6 nitrogen and oxygen atoms in total. The quantitative estimate of drug-likeness (QED) is 0.671. The maximum atomic E-state index is 12.6. The second kappa shape index (κ2) is 7.81. The number of nitrogens with zero attached hydrogens (tertiary/aromatic N) is 2. The zero-order valence-corrected chi connectivity index (χ0v) is 14.4. The second-order valence-electron chi connectivity index (χ2n) is 5.75. The van der Waals surface area contributed by atoms with Gasteiger partial charge in [0, 0.05) is 26.3 Å². The van der Waals surface area contributed by atoms with Gasteiger partial charge >= 0.3 is 0 Å². The molecule has 3 rings (SSSR count). The van der Waals surface area contributed by atoms with E-state index < -0.39 is 0 Å². The largest absolute Gasteiger partial charge is 0.463 e. The van der Waals surface area contributed by atoms with Crippen molar-refractivity contribution in [2.75, 3.05) is 20.3 Å². The summed E-state index contributed by atoms with van der Waals surface area (Å²) in [5.74, 6) is 0.447. The number of amides is 1. The summed E-state index contributed by atoms with van der Waals surface area (Å²) in [5.41, 5.74) is 3.02. The molecule has 0 atom stereocenters. The first-order valence-electron chi connectivity index (χ1n) is 8.17. The highest BCUT2D eigenvalue weighted by atomic mass is 16.5. The van der Waals surface area contributed by atoms with Crippen LogP contribution < -0.4 is 5.32 Å². The number of furan rings is 1. The van der Waals surface area contributed by atoms with Crippen molar-refractivity contribution in [3.8, 4) is 17.1 Å². The van der Waals surface area contributed by atoms with E-state index in [9.17, 15) is 4.79 Å². The van der Waals surface area contributed by atoms with Crippen molar-refractivity contribution in [1.29, 1.82) is 0 Å². The van der Waals surface area contributed by atoms with Gasteiger partial charge in [-0.25, -0.2) is 4.68 Å². The summed E-state index contributed by atoms with van der Waals surface area (Å²) in [6.07, 6.45) is 2.34. The van der Waals surface area contributed by atoms with E-state index in [1.807, 2.05) is 37.3 Å². The summed E-state index contributed by atoms with van der Waals surface area (Å²) < 4.78 is 12.1. The number of hydrogen-bond acceptors (Lipinski definition) is 4. The minimum Gasteiger partial charge on any atom is -0.463 e. The Morgan fingerprint density at radius 2 is 2.16 bits per heavy atom. The van der Waals surface area contributed by atoms with Crippen LogP contribution in [0.4, 0.5) is 0 Å². The number of nitrogens with one attached hydrogen (secondary N) is 1. The first-order chi connectivity index (χ1) is 12.2. The summed E-state index contributed by atoms with van der Waals surface area (Å²) in [6, 6.07) is 13.2. The minimum atomic E-state index is -0.178. The zero-order valence-electron chi connectivity index (χ0n) is 14.4. The average Bonchev–Trinajstić information content (AvgIpc) is 3.27. The van der Waals surface area contributed by atoms with Crippen LogP contribution in [0.3, 0.4) is 0 Å². The standard InChI is InChI=1S/C19H21N3O3/c1-14-6-3-7-15(12-14)22-17(19(23)20-9-5-10-24-2)13-16(21-22)18-8-4-11-25-18/h3-4,6-8,11-13H,5,9-10H2,1-2H3,(H,20,23). The van der Waals surface area contributed by atoms with Crippen molar-refractivity contribution in [3.63, 3.8) is 0 Å². The molecule has 1 aromatic carbocycles. The third-order valence-electron chi connectivity index (χ3n) is 3.77. The summed E-state index contributed by atoms with van der Waals surface area (Å²) in [4.78, 5) is 12.6. The molecule has 6 heteroatoms. The van der Waals surface area contributed by atoms with Crippen LogP contribution in [0, 0.1) is 6.92 Å². The van der Waals surface area contributed by atoms with Gasteiger partial charge in [-0.05, 0) is 43.2 Å². The Bertz CT molecular complexity index is 837. The number of aryl methyl sites for hydroxylation is 1. The molecule has 0 fully saturated rings. The number of methoxy groups -OCH3 is 1. The first kappa shape index (κ1) is 17.0. The van der Waals surface area contributed by atoms with Gasteiger partial charge in [0.2, 0.25) is 0 Å². The van der Waals surface area contributed by atoms with Gasteiger partial charge in [0.25, 0.3) is 5.91 Å². The van der Waals surface area contributed by atoms with Crippen molar-refractivity contribution in [3.05, 3.63) is 60.0 Å². The normalized spacial score (nSPS) is 10.8. The van der Waals surface area contributed by atoms with Crippen LogP contribution in [-0.2, 0) is 4.74 Å². The lowest BCUT2D eigenvalue weighted by molar-refractivity contribution is 0.0941. The molecule has 0 saturated heterocycles. The number of ether oxygens (including phenoxy) is 1. The molecule has 130 valence electrons. The molecule has 2 heterocycles. The predicted octanol–water partition coefficient (Wildman–Crippen LogP) is 3.21. The van der Waals surface area contributed by atoms with Crippen molar-refractivity contribution in [2.45, 2.75) is 13.3 Å². The summed E-state index contributed by atoms with van der Waals surface area (Å²) in [6.45, 7) is 3.15. The molecular weight excluding hydrogens is 318 g/mol. The number of benzene rings is 1. The van der Waals surface area contributed by atoms with Gasteiger partial charge in [-0.2, -0.15) is 5.10 Å². The van der Waals surface area contributed by atoms with Gasteiger partial charge in [0.15, 0.2) is 5.76 Å². The van der Waals surface area contributed by atoms with E-state index in [0.717, 1.165) is 17.7 Å². The zero-order chi connectivity index (χ0) is 17.6. The third kappa shape index (κ3) is 3.97. The molecule has 3 aromatic rings. The Morgan fingerprint density at radius 1 is 1.28 bits per heavy atom. The van der Waals surface area contributed by atoms with Gasteiger partial charge in [0.1, 0.15) is 11.4 Å². The highest BCUT2D eigenvalue weighted by Gasteiger charge is 2.18. The first-order valence-corrected chi connectivity index (χ1v) is 8.17. The lowest BCUT2D eigenvalue weighted by atomic mass is 10.2. The fourth-order valence-corrected chi connectivity index (χ4v) is 2.55. The van der Waals surface area contributed by atoms with Crippen molar-refractivity contribution < 1.29 is 13.9 Å². The molecule has 0 aliphatic rings. The maximum Gasteiger partial charge on any atom is 0.270 e. The molecular formula is C19H21N3O3. The summed E-state index contributed by atoms with van der Waals surface area (Å²) in [7, 11) is 1.64. The van der Waals surface area contributed by atoms with Crippen molar-refractivity contribution >= 4 is 5.91 Å². The van der Waals surface area contributed by atoms with Crippen LogP contribution in [0.1, 0.15) is 22.5 Å². The van der Waals surface area contributed by atoms with E-state index in [4.69, 9.17) is 9.15 Å². The molecule has 25 heavy (non-hydrogen) atoms. The molecule has 0 radical (unpaired) electrons. The van der Waals surface area contributed by atoms with Crippen molar-refractivity contribution in [1.82, 2.24) is 15.1 Å². The third-order valence-corrected chi connectivity index (χ3v) is 3.77. The van der Waals surface area contributed by atoms with E-state index in [-0.39, 0.29) is 5.91 Å². The minimum absolute atomic E-state index is 0.178. The van der Waals surface area contributed by atoms with E-state index in [1.54, 1.807) is 30.2 Å². The van der Waals surface area contributed by atoms with Crippen LogP contribution in [0.5, 0.6) is 0 Å². The molecule has 0 saturated carbocycles. The lowest BCUT2D eigenvalue weighted by Crippen LogP contribution is -2.27. The number of aromatic nitrogens is 2. The molecule has 1 amide bonds. The van der Waals surface area contributed by atoms with Crippen LogP contribution in [0.25, 0.3) is 17.1 Å². The van der Waals surface area contributed by atoms with Gasteiger partial charge in [0.05, 0.1) is 12.0 Å². The van der Waals surface area contributed by atoms with Crippen molar-refractivity contribution in [2.24, 2.45) is 0 Å². The molecule has 0 aliphatic carbocycles. The Kier molecular flexibility index (Phi) is 5.30. The average molecular weight is 339 g/mol. The fraction of sp³-hybridized carbons (Fsp3) is 0.263. The van der Waals surface area contributed by atoms with E-state index in [0.29, 0.717) is 30.3 Å². The van der Waals surface area contributed by atoms with E-state index in [2.05, 4.69) is 10.4 Å². The number of rotatable bonds is 7. The van der Waals surface area contributed by atoms with Gasteiger partial charge < -0.3 is 14.5 Å². The summed E-state index contributed by atoms with van der Waals surface area (Å²) in [5, 5.41) is 7.47. The Balaban J connectivity index is 1.93. The monoisotopic (exact) mass is 339 g/mol. The van der Waals surface area contributed by atoms with Gasteiger partial charge in [-0.3, -0.25) is 4.79 Å². The molecule has 0 aliphatic heterocycles. The summed E-state index contributed by atoms with van der Waals surface area (Å²) >= 11 is 0. The molecule has 0 bridgehead atoms. The smallest absolute Gasteiger partial charge is 0.270 e. The highest BCUT2D eigenvalue weighted by molar-refractivity contribution is 5.94. The Labute approximate surface area is 146 Å². The van der Waals surface area contributed by atoms with Gasteiger partial charge in [-0.15, -0.1) is 0 Å². The predicted molar refractivity (Wildman–Crippen MR) is 94.8 cm³/mol. The number of carbonyl (C=O) groups is 1. The van der Waals surface area contributed by atoms with Crippen LogP contribution in [-0.4, -0.2) is 35.9 Å². The molecule has 0 unspecified atom stereocenters. The van der Waals surface area contributed by atoms with Crippen LogP contribution in [0.2, 0.25) is 0 Å². The fourth-order valence-electron chi connectivity index (χ4n) is 2.55. The van der Waals surface area contributed by atoms with E-state index >= 15 is 0 Å². The number of hydrogen-bond donors (Lipinski definition) is 1. The topological polar surface area (TPSA) is 69.3 Å². The molecule has 1 N–H and O–H groups in total.